The molecule has 102 valence electrons. The second kappa shape index (κ2) is 7.70. The molecule has 17 heavy (non-hydrogen) atoms. The van der Waals surface area contributed by atoms with Crippen LogP contribution in [0.1, 0.15) is 60.8 Å². The van der Waals surface area contributed by atoms with Crippen LogP contribution in [0.2, 0.25) is 0 Å². The molecule has 3 heteroatoms. The molecule has 0 heterocycles. The zero-order chi connectivity index (χ0) is 13.5. The molecule has 0 spiro atoms. The first-order valence-electron chi connectivity index (χ1n) is 6.66. The van der Waals surface area contributed by atoms with Gasteiger partial charge in [-0.05, 0) is 46.5 Å². The van der Waals surface area contributed by atoms with Crippen molar-refractivity contribution in [1.82, 2.24) is 5.32 Å². The average molecular weight is 243 g/mol. The summed E-state index contributed by atoms with van der Waals surface area (Å²) in [6, 6.07) is 0.215. The van der Waals surface area contributed by atoms with Gasteiger partial charge in [-0.2, -0.15) is 0 Å². The lowest BCUT2D eigenvalue weighted by Gasteiger charge is -2.25. The lowest BCUT2D eigenvalue weighted by atomic mass is 10.0. The molecule has 0 saturated carbocycles. The molecule has 0 unspecified atom stereocenters. The molecule has 0 aliphatic heterocycles. The summed E-state index contributed by atoms with van der Waals surface area (Å²) in [5.74, 6) is 0.774. The second-order valence-corrected chi connectivity index (χ2v) is 6.01. The summed E-state index contributed by atoms with van der Waals surface area (Å²) in [5, 5.41) is 2.90. The topological polar surface area (TPSA) is 38.3 Å². The predicted molar refractivity (Wildman–Crippen MR) is 72.0 cm³/mol. The van der Waals surface area contributed by atoms with E-state index < -0.39 is 0 Å². The Kier molecular flexibility index (Phi) is 7.44. The highest BCUT2D eigenvalue weighted by Gasteiger charge is 2.20. The third kappa shape index (κ3) is 10.3. The van der Waals surface area contributed by atoms with Crippen molar-refractivity contribution < 1.29 is 9.53 Å². The van der Waals surface area contributed by atoms with Crippen molar-refractivity contribution in [3.63, 3.8) is 0 Å². The van der Waals surface area contributed by atoms with Crippen LogP contribution >= 0.6 is 0 Å². The Morgan fingerprint density at radius 1 is 1.24 bits per heavy atom. The molecule has 0 aliphatic carbocycles. The summed E-state index contributed by atoms with van der Waals surface area (Å²) in [6.07, 6.45) is 2.37. The smallest absolute Gasteiger partial charge is 0.220 e. The Bertz CT molecular complexity index is 222. The summed E-state index contributed by atoms with van der Waals surface area (Å²) < 4.78 is 5.82. The van der Waals surface area contributed by atoms with Gasteiger partial charge in [-0.3, -0.25) is 4.79 Å². The van der Waals surface area contributed by atoms with E-state index in [2.05, 4.69) is 33.0 Å². The monoisotopic (exact) mass is 243 g/mol. The molecule has 0 radical (unpaired) electrons. The van der Waals surface area contributed by atoms with E-state index in [4.69, 9.17) is 4.74 Å². The Balaban J connectivity index is 3.80. The third-order valence-electron chi connectivity index (χ3n) is 2.59. The van der Waals surface area contributed by atoms with Gasteiger partial charge >= 0.3 is 0 Å². The van der Waals surface area contributed by atoms with Gasteiger partial charge in [0.25, 0.3) is 0 Å². The van der Waals surface area contributed by atoms with E-state index in [1.54, 1.807) is 0 Å². The largest absolute Gasteiger partial charge is 0.376 e. The first-order valence-corrected chi connectivity index (χ1v) is 6.66. The minimum absolute atomic E-state index is 0.112. The van der Waals surface area contributed by atoms with E-state index >= 15 is 0 Å². The number of carbonyl (C=O) groups is 1. The van der Waals surface area contributed by atoms with Crippen LogP contribution in [0, 0.1) is 5.92 Å². The maximum Gasteiger partial charge on any atom is 0.220 e. The fraction of sp³-hybridized carbons (Fsp3) is 0.929. The minimum atomic E-state index is -0.205. The van der Waals surface area contributed by atoms with Gasteiger partial charge in [0.15, 0.2) is 0 Å². The maximum atomic E-state index is 11.5. The highest BCUT2D eigenvalue weighted by molar-refractivity contribution is 5.76. The summed E-state index contributed by atoms with van der Waals surface area (Å²) in [6.45, 7) is 13.2. The molecule has 0 atom stereocenters. The van der Waals surface area contributed by atoms with Crippen molar-refractivity contribution >= 4 is 5.91 Å². The van der Waals surface area contributed by atoms with E-state index in [0.29, 0.717) is 12.3 Å². The number of carbonyl (C=O) groups excluding carboxylic acids is 1. The van der Waals surface area contributed by atoms with Crippen molar-refractivity contribution in [2.24, 2.45) is 5.92 Å². The van der Waals surface area contributed by atoms with Gasteiger partial charge in [0.05, 0.1) is 5.60 Å². The van der Waals surface area contributed by atoms with E-state index in [1.165, 1.54) is 0 Å². The quantitative estimate of drug-likeness (QED) is 0.711. The first kappa shape index (κ1) is 16.4. The highest BCUT2D eigenvalue weighted by Crippen LogP contribution is 2.17. The molecule has 0 aliphatic rings. The molecule has 0 bridgehead atoms. The Morgan fingerprint density at radius 2 is 1.82 bits per heavy atom. The van der Waals surface area contributed by atoms with Gasteiger partial charge in [-0.15, -0.1) is 0 Å². The predicted octanol–water partition coefficient (Wildman–Crippen LogP) is 3.13. The van der Waals surface area contributed by atoms with Crippen LogP contribution in [0.3, 0.4) is 0 Å². The van der Waals surface area contributed by atoms with Gasteiger partial charge < -0.3 is 10.1 Å². The molecule has 0 aromatic rings. The molecule has 1 amide bonds. The van der Waals surface area contributed by atoms with E-state index in [0.717, 1.165) is 19.4 Å². The van der Waals surface area contributed by atoms with Crippen LogP contribution in [-0.4, -0.2) is 24.2 Å². The van der Waals surface area contributed by atoms with Crippen LogP contribution in [0.25, 0.3) is 0 Å². The van der Waals surface area contributed by atoms with Crippen molar-refractivity contribution in [2.75, 3.05) is 6.61 Å². The Morgan fingerprint density at radius 3 is 2.29 bits per heavy atom. The van der Waals surface area contributed by atoms with Crippen molar-refractivity contribution in [1.29, 1.82) is 0 Å². The van der Waals surface area contributed by atoms with Crippen molar-refractivity contribution in [3.8, 4) is 0 Å². The number of nitrogens with one attached hydrogen (secondary N) is 1. The van der Waals surface area contributed by atoms with Crippen LogP contribution < -0.4 is 5.32 Å². The highest BCUT2D eigenvalue weighted by atomic mass is 16.5. The molecular formula is C14H29NO2. The molecule has 1 N–H and O–H groups in total. The molecule has 0 rings (SSSR count). The van der Waals surface area contributed by atoms with Gasteiger partial charge in [-0.25, -0.2) is 0 Å². The molecular weight excluding hydrogens is 214 g/mol. The van der Waals surface area contributed by atoms with E-state index in [1.807, 2.05) is 13.8 Å². The summed E-state index contributed by atoms with van der Waals surface area (Å²) in [4.78, 5) is 11.5. The summed E-state index contributed by atoms with van der Waals surface area (Å²) in [7, 11) is 0. The number of hydrogen-bond acceptors (Lipinski definition) is 2. The number of rotatable bonds is 8. The van der Waals surface area contributed by atoms with E-state index in [-0.39, 0.29) is 17.6 Å². The number of hydrogen-bond donors (Lipinski definition) is 1. The van der Waals surface area contributed by atoms with E-state index in [9.17, 15) is 4.79 Å². The van der Waals surface area contributed by atoms with Gasteiger partial charge in [-0.1, -0.05) is 13.8 Å². The lowest BCUT2D eigenvalue weighted by Crippen LogP contribution is -2.33. The number of ether oxygens (including phenoxy) is 1. The third-order valence-corrected chi connectivity index (χ3v) is 2.59. The zero-order valence-corrected chi connectivity index (χ0v) is 12.3. The lowest BCUT2D eigenvalue weighted by molar-refractivity contribution is -0.123. The summed E-state index contributed by atoms with van der Waals surface area (Å²) in [5.41, 5.74) is -0.205. The maximum absolute atomic E-state index is 11.5. The van der Waals surface area contributed by atoms with Gasteiger partial charge in [0.1, 0.15) is 0 Å². The number of amides is 1. The molecule has 0 saturated heterocycles. The zero-order valence-electron chi connectivity index (χ0n) is 12.3. The minimum Gasteiger partial charge on any atom is -0.376 e. The van der Waals surface area contributed by atoms with Crippen LogP contribution in [0.15, 0.2) is 0 Å². The normalized spacial score (nSPS) is 12.2. The molecule has 0 aromatic heterocycles. The fourth-order valence-corrected chi connectivity index (χ4v) is 1.45. The molecule has 0 aromatic carbocycles. The molecule has 3 nitrogen and oxygen atoms in total. The first-order chi connectivity index (χ1) is 7.73. The Labute approximate surface area is 106 Å². The van der Waals surface area contributed by atoms with Crippen LogP contribution in [-0.2, 0) is 9.53 Å². The fourth-order valence-electron chi connectivity index (χ4n) is 1.45. The van der Waals surface area contributed by atoms with Crippen LogP contribution in [0.5, 0.6) is 0 Å². The Hall–Kier alpha value is -0.570. The van der Waals surface area contributed by atoms with Gasteiger partial charge in [0.2, 0.25) is 5.91 Å². The second-order valence-electron chi connectivity index (χ2n) is 6.01. The molecule has 0 fully saturated rings. The average Bonchev–Trinajstić information content (AvgIpc) is 2.13. The standard InChI is InChI=1S/C14H29NO2/c1-11(2)8-10-17-14(5,6)9-7-13(16)15-12(3)4/h11-12H,7-10H2,1-6H3,(H,15,16). The summed E-state index contributed by atoms with van der Waals surface area (Å²) >= 11 is 0. The van der Waals surface area contributed by atoms with Gasteiger partial charge in [0, 0.05) is 19.1 Å². The van der Waals surface area contributed by atoms with Crippen LogP contribution in [0.4, 0.5) is 0 Å². The SMILES string of the molecule is CC(C)CCOC(C)(C)CCC(=O)NC(C)C. The van der Waals surface area contributed by atoms with Crippen molar-refractivity contribution in [3.05, 3.63) is 0 Å². The van der Waals surface area contributed by atoms with Crippen molar-refractivity contribution in [2.45, 2.75) is 72.4 Å².